The molecule has 0 aliphatic heterocycles. The van der Waals surface area contributed by atoms with E-state index in [1.165, 1.54) is 11.8 Å². The van der Waals surface area contributed by atoms with Crippen molar-refractivity contribution >= 4 is 25.8 Å². The Morgan fingerprint density at radius 3 is 2.67 bits per heavy atom. The van der Waals surface area contributed by atoms with Crippen molar-refractivity contribution in [2.24, 2.45) is 0 Å². The van der Waals surface area contributed by atoms with Crippen LogP contribution in [0.4, 0.5) is 0 Å². The predicted molar refractivity (Wildman–Crippen MR) is 89.9 cm³/mol. The summed E-state index contributed by atoms with van der Waals surface area (Å²) in [5, 5.41) is 4.41. The van der Waals surface area contributed by atoms with Gasteiger partial charge in [-0.3, -0.25) is 0 Å². The Balaban J connectivity index is 2.04. The van der Waals surface area contributed by atoms with Crippen LogP contribution < -0.4 is 5.32 Å². The maximum absolute atomic E-state index is 12.2. The molecule has 0 heterocycles. The monoisotopic (exact) mass is 369 g/mol. The highest BCUT2D eigenvalue weighted by Crippen LogP contribution is 2.22. The molecular formula is C16H20BrNO2S. The summed E-state index contributed by atoms with van der Waals surface area (Å²) >= 11 is 3.55. The summed E-state index contributed by atoms with van der Waals surface area (Å²) in [6, 6.07) is 7.04. The van der Waals surface area contributed by atoms with Gasteiger partial charge in [0.05, 0.1) is 16.3 Å². The third-order valence-corrected chi connectivity index (χ3v) is 5.81. The molecule has 2 rings (SSSR count). The van der Waals surface area contributed by atoms with Crippen molar-refractivity contribution in [2.75, 3.05) is 0 Å². The molecule has 0 saturated carbocycles. The van der Waals surface area contributed by atoms with Crippen molar-refractivity contribution in [1.29, 1.82) is 0 Å². The highest BCUT2D eigenvalue weighted by molar-refractivity contribution is 9.11. The molecule has 0 amide bonds. The Bertz CT molecular complexity index is 633. The van der Waals surface area contributed by atoms with Crippen molar-refractivity contribution < 1.29 is 8.42 Å². The van der Waals surface area contributed by atoms with Gasteiger partial charge in [0.1, 0.15) is 0 Å². The smallest absolute Gasteiger partial charge is 0.201 e. The first-order chi connectivity index (χ1) is 9.99. The van der Waals surface area contributed by atoms with E-state index in [9.17, 15) is 8.42 Å². The van der Waals surface area contributed by atoms with Crippen LogP contribution in [0, 0.1) is 6.92 Å². The molecule has 0 bridgehead atoms. The van der Waals surface area contributed by atoms with Gasteiger partial charge in [-0.1, -0.05) is 46.1 Å². The molecule has 114 valence electrons. The van der Waals surface area contributed by atoms with Crippen molar-refractivity contribution in [3.63, 3.8) is 0 Å². The molecule has 1 aromatic carbocycles. The van der Waals surface area contributed by atoms with E-state index < -0.39 is 9.84 Å². The minimum Gasteiger partial charge on any atom is -0.383 e. The Morgan fingerprint density at radius 2 is 1.95 bits per heavy atom. The largest absolute Gasteiger partial charge is 0.383 e. The number of hydrogen-bond donors (Lipinski definition) is 1. The molecule has 1 aliphatic rings. The van der Waals surface area contributed by atoms with Crippen molar-refractivity contribution in [2.45, 2.75) is 43.5 Å². The van der Waals surface area contributed by atoms with Crippen molar-refractivity contribution in [3.8, 4) is 0 Å². The Kier molecular flexibility index (Phi) is 5.65. The first-order valence-corrected chi connectivity index (χ1v) is 9.43. The first-order valence-electron chi connectivity index (χ1n) is 7.09. The predicted octanol–water partition coefficient (Wildman–Crippen LogP) is 4.05. The lowest BCUT2D eigenvalue weighted by Crippen LogP contribution is -2.24. The normalized spacial score (nSPS) is 20.1. The first kappa shape index (κ1) is 16.3. The van der Waals surface area contributed by atoms with E-state index in [1.807, 2.05) is 6.92 Å². The fourth-order valence-corrected chi connectivity index (χ4v) is 3.75. The van der Waals surface area contributed by atoms with Gasteiger partial charge in [-0.2, -0.15) is 0 Å². The molecule has 0 aromatic heterocycles. The minimum absolute atomic E-state index is 0.164. The van der Waals surface area contributed by atoms with Crippen LogP contribution in [0.15, 0.2) is 51.3 Å². The number of allylic oxidation sites excluding steroid dienone is 1. The van der Waals surface area contributed by atoms with Crippen LogP contribution in [0.3, 0.4) is 0 Å². The van der Waals surface area contributed by atoms with Gasteiger partial charge in [-0.15, -0.1) is 0 Å². The molecule has 3 nitrogen and oxygen atoms in total. The van der Waals surface area contributed by atoms with Gasteiger partial charge in [-0.05, 0) is 38.3 Å². The maximum atomic E-state index is 12.2. The lowest BCUT2D eigenvalue weighted by molar-refractivity contribution is 0.595. The fraction of sp³-hybridized carbons (Fsp3) is 0.375. The van der Waals surface area contributed by atoms with Gasteiger partial charge in [-0.25, -0.2) is 8.42 Å². The second-order valence-corrected chi connectivity index (χ2v) is 8.00. The Morgan fingerprint density at radius 1 is 1.24 bits per heavy atom. The molecule has 1 N–H and O–H groups in total. The van der Waals surface area contributed by atoms with E-state index in [0.29, 0.717) is 4.90 Å². The molecule has 5 heteroatoms. The topological polar surface area (TPSA) is 46.2 Å². The standard InChI is InChI=1S/C16H20BrNO2S/c1-13-7-9-14(10-8-13)21(19,20)12-11-18-16-6-4-2-3-5-15(16)17/h5,7-12,16,18H,2-4,6H2,1H3/b12-11+. The number of halogens is 1. The van der Waals surface area contributed by atoms with Gasteiger partial charge in [0.15, 0.2) is 0 Å². The van der Waals surface area contributed by atoms with Crippen LogP contribution in [0.1, 0.15) is 31.2 Å². The van der Waals surface area contributed by atoms with E-state index in [2.05, 4.69) is 27.3 Å². The molecule has 1 aromatic rings. The summed E-state index contributed by atoms with van der Waals surface area (Å²) < 4.78 is 25.5. The second-order valence-electron chi connectivity index (χ2n) is 5.25. The average Bonchev–Trinajstić information content (AvgIpc) is 2.64. The lowest BCUT2D eigenvalue weighted by atomic mass is 10.1. The third kappa shape index (κ3) is 4.71. The lowest BCUT2D eigenvalue weighted by Gasteiger charge is -2.14. The van der Waals surface area contributed by atoms with Crippen molar-refractivity contribution in [3.05, 3.63) is 52.0 Å². The molecule has 1 aliphatic carbocycles. The number of sulfone groups is 1. The Labute approximate surface area is 135 Å². The zero-order valence-corrected chi connectivity index (χ0v) is 14.5. The zero-order chi connectivity index (χ0) is 15.3. The number of aryl methyl sites for hydroxylation is 1. The van der Waals surface area contributed by atoms with Gasteiger partial charge in [0.2, 0.25) is 9.84 Å². The van der Waals surface area contributed by atoms with Crippen LogP contribution in [-0.2, 0) is 9.84 Å². The van der Waals surface area contributed by atoms with Crippen LogP contribution in [0.25, 0.3) is 0 Å². The van der Waals surface area contributed by atoms with Gasteiger partial charge in [0.25, 0.3) is 0 Å². The summed E-state index contributed by atoms with van der Waals surface area (Å²) in [6.07, 6.45) is 8.10. The van der Waals surface area contributed by atoms with E-state index in [4.69, 9.17) is 0 Å². The van der Waals surface area contributed by atoms with E-state index in [0.717, 1.165) is 29.3 Å². The second kappa shape index (κ2) is 7.27. The van der Waals surface area contributed by atoms with E-state index >= 15 is 0 Å². The Hall–Kier alpha value is -1.07. The summed E-state index contributed by atoms with van der Waals surface area (Å²) in [7, 11) is -3.38. The van der Waals surface area contributed by atoms with Crippen LogP contribution in [0.2, 0.25) is 0 Å². The molecule has 21 heavy (non-hydrogen) atoms. The van der Waals surface area contributed by atoms with Crippen LogP contribution in [0.5, 0.6) is 0 Å². The minimum atomic E-state index is -3.38. The fourth-order valence-electron chi connectivity index (χ4n) is 2.23. The number of nitrogens with one attached hydrogen (secondary N) is 1. The summed E-state index contributed by atoms with van der Waals surface area (Å²) in [5.74, 6) is 0. The average molecular weight is 370 g/mol. The number of hydrogen-bond acceptors (Lipinski definition) is 3. The SMILES string of the molecule is Cc1ccc(S(=O)(=O)/C=C/NC2CCCCC=C2Br)cc1. The summed E-state index contributed by atoms with van der Waals surface area (Å²) in [6.45, 7) is 1.93. The van der Waals surface area contributed by atoms with Crippen LogP contribution in [-0.4, -0.2) is 14.5 Å². The quantitative estimate of drug-likeness (QED) is 0.870. The molecule has 1 atom stereocenters. The summed E-state index contributed by atoms with van der Waals surface area (Å²) in [4.78, 5) is 0.321. The highest BCUT2D eigenvalue weighted by Gasteiger charge is 2.14. The third-order valence-electron chi connectivity index (χ3n) is 3.51. The molecule has 0 radical (unpaired) electrons. The molecule has 1 unspecified atom stereocenters. The van der Waals surface area contributed by atoms with Crippen molar-refractivity contribution in [1.82, 2.24) is 5.32 Å². The summed E-state index contributed by atoms with van der Waals surface area (Å²) in [5.41, 5.74) is 1.04. The van der Waals surface area contributed by atoms with E-state index in [-0.39, 0.29) is 6.04 Å². The van der Waals surface area contributed by atoms with E-state index in [1.54, 1.807) is 30.5 Å². The number of benzene rings is 1. The number of rotatable bonds is 4. The maximum Gasteiger partial charge on any atom is 0.201 e. The molecule has 0 saturated heterocycles. The van der Waals surface area contributed by atoms with Gasteiger partial charge < -0.3 is 5.32 Å². The molecule has 0 spiro atoms. The zero-order valence-electron chi connectivity index (χ0n) is 12.0. The van der Waals surface area contributed by atoms with Gasteiger partial charge in [0, 0.05) is 10.7 Å². The van der Waals surface area contributed by atoms with Gasteiger partial charge >= 0.3 is 0 Å². The van der Waals surface area contributed by atoms with Crippen LogP contribution >= 0.6 is 15.9 Å². The molecule has 0 fully saturated rings. The highest BCUT2D eigenvalue weighted by atomic mass is 79.9. The molecular weight excluding hydrogens is 350 g/mol.